The first-order valence-corrected chi connectivity index (χ1v) is 24.0. The van der Waals surface area contributed by atoms with Crippen LogP contribution in [-0.2, 0) is 38.4 Å². The number of rotatable bonds is 14. The molecule has 0 radical (unpaired) electrons. The molecule has 344 valence electrons. The predicted octanol–water partition coefficient (Wildman–Crippen LogP) is -3.31. The van der Waals surface area contributed by atoms with Gasteiger partial charge in [0, 0.05) is 37.6 Å². The third-order valence-electron chi connectivity index (χ3n) is 9.41. The van der Waals surface area contributed by atoms with Gasteiger partial charge in [0.1, 0.15) is 36.3 Å². The number of thioether (sulfide) groups is 1. The first kappa shape index (κ1) is 52.5. The van der Waals surface area contributed by atoms with Crippen LogP contribution in [0.5, 0.6) is 0 Å². The SMILES string of the molecule is CSCC[C@@H]1NC(=O)CCSSC[C@@H](C(N)=O)NC(=O)CNC(=O)[C@H](CCCN=C(N)N)NC(=O)[C@H](CC(C)C)NC(=O)[C@H](CCCN=C(N)N)NC(=O)[C@@H]2CCCN2C1=O. The van der Waals surface area contributed by atoms with Gasteiger partial charge in [-0.2, -0.15) is 11.8 Å². The largest absolute Gasteiger partial charge is 0.370 e. The minimum Gasteiger partial charge on any atom is -0.370 e. The van der Waals surface area contributed by atoms with Crippen molar-refractivity contribution in [1.82, 2.24) is 36.8 Å². The number of amides is 8. The average molecular weight is 917 g/mol. The molecule has 61 heavy (non-hydrogen) atoms. The van der Waals surface area contributed by atoms with Crippen molar-refractivity contribution in [1.29, 1.82) is 0 Å². The lowest BCUT2D eigenvalue weighted by atomic mass is 10.0. The summed E-state index contributed by atoms with van der Waals surface area (Å²) < 4.78 is 0. The highest BCUT2D eigenvalue weighted by molar-refractivity contribution is 8.76. The van der Waals surface area contributed by atoms with Crippen molar-refractivity contribution in [3.63, 3.8) is 0 Å². The quantitative estimate of drug-likeness (QED) is 0.0352. The number of hydrogen-bond acceptors (Lipinski definition) is 13. The van der Waals surface area contributed by atoms with Gasteiger partial charge in [-0.1, -0.05) is 35.4 Å². The lowest BCUT2D eigenvalue weighted by molar-refractivity contribution is -0.142. The minimum atomic E-state index is -1.21. The maximum Gasteiger partial charge on any atom is 0.245 e. The summed E-state index contributed by atoms with van der Waals surface area (Å²) in [4.78, 5) is 117. The number of guanidine groups is 2. The van der Waals surface area contributed by atoms with Crippen LogP contribution >= 0.6 is 33.3 Å². The first-order valence-electron chi connectivity index (χ1n) is 20.1. The molecule has 0 aromatic rings. The van der Waals surface area contributed by atoms with Gasteiger partial charge in [-0.15, -0.1) is 0 Å². The van der Waals surface area contributed by atoms with Gasteiger partial charge in [0.05, 0.1) is 6.54 Å². The van der Waals surface area contributed by atoms with Crippen LogP contribution in [0.15, 0.2) is 9.98 Å². The molecular formula is C36H64N14O8S3. The molecular weight excluding hydrogens is 853 g/mol. The molecule has 22 nitrogen and oxygen atoms in total. The van der Waals surface area contributed by atoms with Crippen molar-refractivity contribution >= 4 is 92.5 Å². The van der Waals surface area contributed by atoms with Crippen LogP contribution in [0, 0.1) is 5.92 Å². The molecule has 2 heterocycles. The van der Waals surface area contributed by atoms with Gasteiger partial charge in [-0.25, -0.2) is 0 Å². The Morgan fingerprint density at radius 2 is 1.34 bits per heavy atom. The molecule has 0 aromatic heterocycles. The zero-order chi connectivity index (χ0) is 45.5. The number of nitrogens with zero attached hydrogens (tertiary/aromatic N) is 3. The van der Waals surface area contributed by atoms with Crippen molar-refractivity contribution in [2.75, 3.05) is 49.7 Å². The van der Waals surface area contributed by atoms with Crippen molar-refractivity contribution in [3.8, 4) is 0 Å². The van der Waals surface area contributed by atoms with Gasteiger partial charge in [0.15, 0.2) is 11.9 Å². The van der Waals surface area contributed by atoms with Crippen LogP contribution in [0.25, 0.3) is 0 Å². The number of aliphatic imine (C=N–C) groups is 2. The number of carbonyl (C=O) groups excluding carboxylic acids is 8. The Morgan fingerprint density at radius 1 is 0.754 bits per heavy atom. The van der Waals surface area contributed by atoms with Gasteiger partial charge in [-0.3, -0.25) is 48.3 Å². The molecule has 0 spiro atoms. The number of nitrogens with two attached hydrogens (primary N) is 5. The van der Waals surface area contributed by atoms with E-state index in [0.717, 1.165) is 0 Å². The van der Waals surface area contributed by atoms with E-state index in [4.69, 9.17) is 28.7 Å². The van der Waals surface area contributed by atoms with E-state index in [1.807, 2.05) is 20.1 Å². The standard InChI is InChI=1S/C36H64N14O8S3/c1-20(2)17-24-32(56)47-21(7-4-12-42-35(38)39)30(54)44-18-28(52)46-25(29(37)53)19-61-60-16-11-27(51)45-23(10-15-59-3)34(58)50-14-6-9-26(50)33(57)48-22(31(55)49-24)8-5-13-43-36(40)41/h20-26H,4-19H2,1-3H3,(H2,37,53)(H,44,54)(H,45,51)(H,46,52)(H,47,56)(H,48,57)(H,49,55)(H4,38,39,42)(H4,40,41,43)/t21-,22-,23-,24-,25-,26-/m0/s1. The maximum absolute atomic E-state index is 14.1. The van der Waals surface area contributed by atoms with Crippen molar-refractivity contribution in [2.24, 2.45) is 44.6 Å². The Balaban J connectivity index is 2.52. The molecule has 0 aromatic carbocycles. The van der Waals surface area contributed by atoms with Crippen LogP contribution in [-0.4, -0.2) is 150 Å². The summed E-state index contributed by atoms with van der Waals surface area (Å²) in [6, 6.07) is -6.55. The van der Waals surface area contributed by atoms with Crippen molar-refractivity contribution in [2.45, 2.75) is 108 Å². The van der Waals surface area contributed by atoms with Gasteiger partial charge in [-0.05, 0) is 69.3 Å². The Morgan fingerprint density at radius 3 is 1.93 bits per heavy atom. The van der Waals surface area contributed by atoms with Gasteiger partial charge in [0.25, 0.3) is 0 Å². The van der Waals surface area contributed by atoms with Crippen molar-refractivity contribution < 1.29 is 38.4 Å². The molecule has 0 bridgehead atoms. The Labute approximate surface area is 368 Å². The Kier molecular flexibility index (Phi) is 24.1. The molecule has 0 unspecified atom stereocenters. The molecule has 2 saturated heterocycles. The second kappa shape index (κ2) is 28.0. The molecule has 2 aliphatic rings. The van der Waals surface area contributed by atoms with Crippen LogP contribution in [0.1, 0.15) is 71.6 Å². The summed E-state index contributed by atoms with van der Waals surface area (Å²) in [5, 5.41) is 16.0. The van der Waals surface area contributed by atoms with E-state index in [1.54, 1.807) is 0 Å². The zero-order valence-corrected chi connectivity index (χ0v) is 37.5. The van der Waals surface area contributed by atoms with E-state index in [-0.39, 0.29) is 81.7 Å². The third-order valence-corrected chi connectivity index (χ3v) is 12.5. The maximum atomic E-state index is 14.1. The number of primary amides is 1. The summed E-state index contributed by atoms with van der Waals surface area (Å²) >= 11 is 1.50. The van der Waals surface area contributed by atoms with Crippen molar-refractivity contribution in [3.05, 3.63) is 0 Å². The zero-order valence-electron chi connectivity index (χ0n) is 35.1. The van der Waals surface area contributed by atoms with Crippen LogP contribution in [0.2, 0.25) is 0 Å². The molecule has 0 aliphatic carbocycles. The fraction of sp³-hybridized carbons (Fsp3) is 0.722. The third kappa shape index (κ3) is 20.2. The molecule has 16 N–H and O–H groups in total. The normalized spacial score (nSPS) is 24.6. The van der Waals surface area contributed by atoms with Crippen LogP contribution in [0.3, 0.4) is 0 Å². The summed E-state index contributed by atoms with van der Waals surface area (Å²) in [7, 11) is 2.46. The van der Waals surface area contributed by atoms with Crippen LogP contribution in [0.4, 0.5) is 0 Å². The summed E-state index contributed by atoms with van der Waals surface area (Å²) in [5.74, 6) is -4.65. The molecule has 25 heteroatoms. The summed E-state index contributed by atoms with van der Waals surface area (Å²) in [6.07, 6.45) is 3.76. The Bertz CT molecular complexity index is 1580. The highest BCUT2D eigenvalue weighted by Crippen LogP contribution is 2.24. The smallest absolute Gasteiger partial charge is 0.245 e. The predicted molar refractivity (Wildman–Crippen MR) is 238 cm³/mol. The van der Waals surface area contributed by atoms with E-state index in [0.29, 0.717) is 30.8 Å². The van der Waals surface area contributed by atoms with Gasteiger partial charge >= 0.3 is 0 Å². The molecule has 0 saturated carbocycles. The average Bonchev–Trinajstić information content (AvgIpc) is 3.69. The second-order valence-electron chi connectivity index (χ2n) is 14.9. The lowest BCUT2D eigenvalue weighted by Gasteiger charge is -2.30. The number of nitrogens with one attached hydrogen (secondary N) is 6. The molecule has 2 fully saturated rings. The van der Waals surface area contributed by atoms with E-state index < -0.39 is 90.1 Å². The monoisotopic (exact) mass is 916 g/mol. The number of hydrogen-bond donors (Lipinski definition) is 11. The highest BCUT2D eigenvalue weighted by Gasteiger charge is 2.39. The molecule has 2 rings (SSSR count). The number of fused-ring (bicyclic) bond motifs is 1. The second-order valence-corrected chi connectivity index (χ2v) is 18.5. The highest BCUT2D eigenvalue weighted by atomic mass is 33.1. The molecule has 6 atom stereocenters. The van der Waals surface area contributed by atoms with Gasteiger partial charge < -0.3 is 65.5 Å². The molecule has 2 aliphatic heterocycles. The fourth-order valence-corrected chi connectivity index (χ4v) is 9.00. The van der Waals surface area contributed by atoms with E-state index in [2.05, 4.69) is 41.9 Å². The van der Waals surface area contributed by atoms with Crippen LogP contribution < -0.4 is 60.6 Å². The topological polar surface area (TPSA) is 367 Å². The van der Waals surface area contributed by atoms with E-state index >= 15 is 0 Å². The minimum absolute atomic E-state index is 0.0301. The Hall–Kier alpha value is -4.65. The van der Waals surface area contributed by atoms with E-state index in [1.165, 1.54) is 38.2 Å². The molecule has 8 amide bonds. The van der Waals surface area contributed by atoms with E-state index in [9.17, 15) is 38.4 Å². The summed E-state index contributed by atoms with van der Waals surface area (Å²) in [5.41, 5.74) is 27.4. The number of carbonyl (C=O) groups is 8. The fourth-order valence-electron chi connectivity index (χ4n) is 6.36. The van der Waals surface area contributed by atoms with Gasteiger partial charge in [0.2, 0.25) is 47.3 Å². The lowest BCUT2D eigenvalue weighted by Crippen LogP contribution is -2.59. The first-order chi connectivity index (χ1) is 28.9. The summed E-state index contributed by atoms with van der Waals surface area (Å²) in [6.45, 7) is 3.61.